The first-order valence-corrected chi connectivity index (χ1v) is 9.55. The Morgan fingerprint density at radius 3 is 2.17 bits per heavy atom. The number of nitrogens with one attached hydrogen (secondary N) is 2. The van der Waals surface area contributed by atoms with E-state index >= 15 is 0 Å². The van der Waals surface area contributed by atoms with E-state index in [0.29, 0.717) is 17.2 Å². The van der Waals surface area contributed by atoms with E-state index in [1.165, 1.54) is 0 Å². The molecule has 5 nitrogen and oxygen atoms in total. The standard InChI is InChI=1S/C23H21ClN2O3/c24-20-12-10-18(11-13-20)15-22(27)25-26-23(28)16-29-21-9-5-4-8-19(21)14-17-6-2-1-3-7-17/h1-13H,14-16H2,(H,25,27)(H,26,28). The molecule has 0 spiro atoms. The zero-order valence-corrected chi connectivity index (χ0v) is 16.5. The normalized spacial score (nSPS) is 10.2. The van der Waals surface area contributed by atoms with E-state index in [0.717, 1.165) is 16.7 Å². The maximum absolute atomic E-state index is 12.0. The number of hydrogen-bond donors (Lipinski definition) is 2. The Kier molecular flexibility index (Phi) is 7.25. The lowest BCUT2D eigenvalue weighted by atomic mass is 10.0. The van der Waals surface area contributed by atoms with E-state index in [-0.39, 0.29) is 18.9 Å². The predicted molar refractivity (Wildman–Crippen MR) is 113 cm³/mol. The van der Waals surface area contributed by atoms with Gasteiger partial charge in [-0.2, -0.15) is 0 Å². The van der Waals surface area contributed by atoms with Crippen molar-refractivity contribution in [3.8, 4) is 5.75 Å². The van der Waals surface area contributed by atoms with E-state index in [1.807, 2.05) is 54.6 Å². The van der Waals surface area contributed by atoms with Gasteiger partial charge in [-0.25, -0.2) is 0 Å². The van der Waals surface area contributed by atoms with Crippen molar-refractivity contribution in [2.75, 3.05) is 6.61 Å². The summed E-state index contributed by atoms with van der Waals surface area (Å²) in [6.45, 7) is -0.201. The molecule has 3 aromatic rings. The quantitative estimate of drug-likeness (QED) is 0.586. The summed E-state index contributed by atoms with van der Waals surface area (Å²) in [4.78, 5) is 24.0. The van der Waals surface area contributed by atoms with Crippen molar-refractivity contribution in [3.63, 3.8) is 0 Å². The van der Waals surface area contributed by atoms with E-state index in [9.17, 15) is 9.59 Å². The smallest absolute Gasteiger partial charge is 0.276 e. The van der Waals surface area contributed by atoms with E-state index in [1.54, 1.807) is 24.3 Å². The largest absolute Gasteiger partial charge is 0.483 e. The van der Waals surface area contributed by atoms with Crippen LogP contribution in [0.5, 0.6) is 5.75 Å². The van der Waals surface area contributed by atoms with Crippen molar-refractivity contribution in [3.05, 3.63) is 101 Å². The first-order chi connectivity index (χ1) is 14.1. The van der Waals surface area contributed by atoms with Crippen molar-refractivity contribution in [1.82, 2.24) is 10.9 Å². The Morgan fingerprint density at radius 1 is 0.759 bits per heavy atom. The molecule has 0 saturated heterocycles. The molecule has 0 aromatic heterocycles. The average molecular weight is 409 g/mol. The second-order valence-electron chi connectivity index (χ2n) is 6.46. The van der Waals surface area contributed by atoms with Gasteiger partial charge in [-0.15, -0.1) is 0 Å². The average Bonchev–Trinajstić information content (AvgIpc) is 2.74. The van der Waals surface area contributed by atoms with Gasteiger partial charge in [0.1, 0.15) is 5.75 Å². The third kappa shape index (κ3) is 6.66. The fraction of sp³-hybridized carbons (Fsp3) is 0.130. The molecule has 3 aromatic carbocycles. The molecule has 3 rings (SSSR count). The summed E-state index contributed by atoms with van der Waals surface area (Å²) in [6.07, 6.45) is 0.842. The van der Waals surface area contributed by atoms with Gasteiger partial charge in [-0.05, 0) is 34.9 Å². The Balaban J connectivity index is 1.47. The number of amides is 2. The summed E-state index contributed by atoms with van der Waals surface area (Å²) >= 11 is 5.82. The third-order valence-corrected chi connectivity index (χ3v) is 4.44. The van der Waals surface area contributed by atoms with Crippen molar-refractivity contribution in [2.45, 2.75) is 12.8 Å². The molecular weight excluding hydrogens is 388 g/mol. The van der Waals surface area contributed by atoms with Crippen LogP contribution in [0, 0.1) is 0 Å². The summed E-state index contributed by atoms with van der Waals surface area (Å²) in [5.74, 6) is -0.131. The fourth-order valence-electron chi connectivity index (χ4n) is 2.76. The van der Waals surface area contributed by atoms with Gasteiger partial charge in [-0.1, -0.05) is 72.3 Å². The van der Waals surface area contributed by atoms with Gasteiger partial charge in [0.25, 0.3) is 5.91 Å². The molecule has 0 bridgehead atoms. The summed E-state index contributed by atoms with van der Waals surface area (Å²) < 4.78 is 5.66. The second-order valence-corrected chi connectivity index (χ2v) is 6.89. The van der Waals surface area contributed by atoms with Crippen LogP contribution in [-0.2, 0) is 22.4 Å². The van der Waals surface area contributed by atoms with Gasteiger partial charge in [0.2, 0.25) is 5.91 Å². The van der Waals surface area contributed by atoms with Crippen LogP contribution in [-0.4, -0.2) is 18.4 Å². The number of hydrogen-bond acceptors (Lipinski definition) is 3. The molecular formula is C23H21ClN2O3. The van der Waals surface area contributed by atoms with E-state index in [2.05, 4.69) is 10.9 Å². The van der Waals surface area contributed by atoms with Crippen molar-refractivity contribution in [1.29, 1.82) is 0 Å². The molecule has 0 atom stereocenters. The topological polar surface area (TPSA) is 67.4 Å². The minimum atomic E-state index is -0.441. The molecule has 0 unspecified atom stereocenters. The molecule has 2 amide bonds. The van der Waals surface area contributed by atoms with Gasteiger partial charge in [0.05, 0.1) is 6.42 Å². The highest BCUT2D eigenvalue weighted by molar-refractivity contribution is 6.30. The zero-order valence-electron chi connectivity index (χ0n) is 15.7. The number of benzene rings is 3. The first kappa shape index (κ1) is 20.4. The van der Waals surface area contributed by atoms with Crippen LogP contribution in [0.1, 0.15) is 16.7 Å². The molecule has 0 aliphatic heterocycles. The minimum absolute atomic E-state index is 0.137. The number of ether oxygens (including phenoxy) is 1. The maximum Gasteiger partial charge on any atom is 0.276 e. The lowest BCUT2D eigenvalue weighted by Crippen LogP contribution is -2.44. The highest BCUT2D eigenvalue weighted by Gasteiger charge is 2.09. The summed E-state index contributed by atoms with van der Waals surface area (Å²) in [5.41, 5.74) is 7.69. The number of para-hydroxylation sites is 1. The van der Waals surface area contributed by atoms with Crippen LogP contribution < -0.4 is 15.6 Å². The molecule has 29 heavy (non-hydrogen) atoms. The third-order valence-electron chi connectivity index (χ3n) is 4.19. The lowest BCUT2D eigenvalue weighted by molar-refractivity contribution is -0.129. The fourth-order valence-corrected chi connectivity index (χ4v) is 2.88. The molecule has 0 aliphatic rings. The highest BCUT2D eigenvalue weighted by Crippen LogP contribution is 2.21. The van der Waals surface area contributed by atoms with Crippen LogP contribution in [0.15, 0.2) is 78.9 Å². The number of hydrazine groups is 1. The van der Waals surface area contributed by atoms with E-state index < -0.39 is 5.91 Å². The van der Waals surface area contributed by atoms with E-state index in [4.69, 9.17) is 16.3 Å². The summed E-state index contributed by atoms with van der Waals surface area (Å²) in [6, 6.07) is 24.5. The number of rotatable bonds is 7. The Morgan fingerprint density at radius 2 is 1.41 bits per heavy atom. The van der Waals surface area contributed by atoms with Crippen LogP contribution in [0.2, 0.25) is 5.02 Å². The Labute approximate surface area is 174 Å². The second kappa shape index (κ2) is 10.3. The number of halogens is 1. The molecule has 0 radical (unpaired) electrons. The molecule has 0 heterocycles. The zero-order chi connectivity index (χ0) is 20.5. The first-order valence-electron chi connectivity index (χ1n) is 9.17. The molecule has 0 fully saturated rings. The van der Waals surface area contributed by atoms with Gasteiger partial charge in [0, 0.05) is 11.4 Å². The van der Waals surface area contributed by atoms with Gasteiger partial charge >= 0.3 is 0 Å². The number of carbonyl (C=O) groups excluding carboxylic acids is 2. The summed E-state index contributed by atoms with van der Waals surface area (Å²) in [5, 5.41) is 0.604. The monoisotopic (exact) mass is 408 g/mol. The van der Waals surface area contributed by atoms with Gasteiger partial charge in [0.15, 0.2) is 6.61 Å². The van der Waals surface area contributed by atoms with Crippen LogP contribution in [0.25, 0.3) is 0 Å². The summed E-state index contributed by atoms with van der Waals surface area (Å²) in [7, 11) is 0. The van der Waals surface area contributed by atoms with Crippen molar-refractivity contribution in [2.24, 2.45) is 0 Å². The molecule has 148 valence electrons. The van der Waals surface area contributed by atoms with Gasteiger partial charge in [-0.3, -0.25) is 20.4 Å². The Bertz CT molecular complexity index is 959. The maximum atomic E-state index is 12.0. The van der Waals surface area contributed by atoms with Crippen molar-refractivity contribution >= 4 is 23.4 Å². The SMILES string of the molecule is O=C(COc1ccccc1Cc1ccccc1)NNC(=O)Cc1ccc(Cl)cc1. The molecule has 0 aliphatic carbocycles. The van der Waals surface area contributed by atoms with Crippen LogP contribution >= 0.6 is 11.6 Å². The van der Waals surface area contributed by atoms with Crippen LogP contribution in [0.3, 0.4) is 0 Å². The Hall–Kier alpha value is -3.31. The van der Waals surface area contributed by atoms with Crippen molar-refractivity contribution < 1.29 is 14.3 Å². The molecule has 2 N–H and O–H groups in total. The molecule has 0 saturated carbocycles. The van der Waals surface area contributed by atoms with Crippen LogP contribution in [0.4, 0.5) is 0 Å². The highest BCUT2D eigenvalue weighted by atomic mass is 35.5. The predicted octanol–water partition coefficient (Wildman–Crippen LogP) is 3.70. The number of carbonyl (C=O) groups is 2. The minimum Gasteiger partial charge on any atom is -0.483 e. The lowest BCUT2D eigenvalue weighted by Gasteiger charge is -2.12. The molecule has 6 heteroatoms. The van der Waals surface area contributed by atoms with Gasteiger partial charge < -0.3 is 4.74 Å².